The second kappa shape index (κ2) is 6.22. The molecule has 2 aromatic carbocycles. The van der Waals surface area contributed by atoms with Crippen molar-refractivity contribution in [3.8, 4) is 0 Å². The molecule has 0 aliphatic rings. The zero-order valence-electron chi connectivity index (χ0n) is 11.3. The molecule has 3 heteroatoms. The first-order valence-electron chi connectivity index (χ1n) is 6.33. The second-order valence-corrected chi connectivity index (χ2v) is 5.84. The molecule has 0 aromatic heterocycles. The second-order valence-electron chi connectivity index (χ2n) is 4.93. The van der Waals surface area contributed by atoms with Gasteiger partial charge in [-0.3, -0.25) is 0 Å². The molecule has 0 aliphatic carbocycles. The third-order valence-electron chi connectivity index (χ3n) is 3.18. The average molecular weight is 319 g/mol. The summed E-state index contributed by atoms with van der Waals surface area (Å²) in [6, 6.07) is 16.8. The van der Waals surface area contributed by atoms with Crippen LogP contribution in [0.25, 0.3) is 0 Å². The Bertz CT molecular complexity index is 535. The van der Waals surface area contributed by atoms with E-state index in [1.54, 1.807) is 0 Å². The Kier molecular flexibility index (Phi) is 4.61. The number of hydrogen-bond donors (Lipinski definition) is 1. The Labute approximate surface area is 123 Å². The number of hydrogen-bond acceptors (Lipinski definition) is 2. The summed E-state index contributed by atoms with van der Waals surface area (Å²) in [5.41, 5.74) is 9.92. The van der Waals surface area contributed by atoms with Crippen LogP contribution in [0.3, 0.4) is 0 Å². The van der Waals surface area contributed by atoms with Crippen LogP contribution in [0.15, 0.2) is 53.0 Å². The van der Waals surface area contributed by atoms with E-state index in [2.05, 4.69) is 69.4 Å². The van der Waals surface area contributed by atoms with Crippen molar-refractivity contribution < 1.29 is 0 Å². The molecule has 2 nitrogen and oxygen atoms in total. The molecule has 0 fully saturated rings. The highest BCUT2D eigenvalue weighted by Crippen LogP contribution is 2.21. The van der Waals surface area contributed by atoms with Crippen LogP contribution >= 0.6 is 15.9 Å². The number of rotatable bonds is 4. The minimum absolute atomic E-state index is 0.0288. The van der Waals surface area contributed by atoms with Crippen molar-refractivity contribution >= 4 is 21.6 Å². The Morgan fingerprint density at radius 3 is 2.42 bits per heavy atom. The van der Waals surface area contributed by atoms with E-state index in [9.17, 15) is 0 Å². The van der Waals surface area contributed by atoms with Crippen molar-refractivity contribution in [3.63, 3.8) is 0 Å². The highest BCUT2D eigenvalue weighted by atomic mass is 79.9. The quantitative estimate of drug-likeness (QED) is 0.930. The summed E-state index contributed by atoms with van der Waals surface area (Å²) < 4.78 is 1.10. The predicted octanol–water partition coefficient (Wildman–Crippen LogP) is 3.76. The fraction of sp³-hybridized carbons (Fsp3) is 0.250. The van der Waals surface area contributed by atoms with E-state index in [1.807, 2.05) is 14.1 Å². The minimum Gasteiger partial charge on any atom is -0.378 e. The molecule has 2 rings (SSSR count). The molecule has 2 aromatic rings. The predicted molar refractivity (Wildman–Crippen MR) is 85.5 cm³/mol. The molecular weight excluding hydrogens is 300 g/mol. The molecule has 0 aliphatic heterocycles. The number of nitrogens with zero attached hydrogens (tertiary/aromatic N) is 1. The van der Waals surface area contributed by atoms with Gasteiger partial charge >= 0.3 is 0 Å². The maximum atomic E-state index is 6.30. The van der Waals surface area contributed by atoms with Gasteiger partial charge in [-0.15, -0.1) is 0 Å². The maximum Gasteiger partial charge on any atom is 0.0364 e. The van der Waals surface area contributed by atoms with Crippen molar-refractivity contribution in [1.29, 1.82) is 0 Å². The zero-order chi connectivity index (χ0) is 13.8. The first-order valence-corrected chi connectivity index (χ1v) is 7.13. The monoisotopic (exact) mass is 318 g/mol. The third kappa shape index (κ3) is 3.82. The van der Waals surface area contributed by atoms with Crippen LogP contribution in [0, 0.1) is 0 Å². The lowest BCUT2D eigenvalue weighted by atomic mass is 9.99. The Morgan fingerprint density at radius 1 is 1.11 bits per heavy atom. The SMILES string of the molecule is CN(C)c1cccc(C(N)Cc2ccc(Br)cc2)c1. The fourth-order valence-electron chi connectivity index (χ4n) is 2.03. The van der Waals surface area contributed by atoms with E-state index in [1.165, 1.54) is 16.8 Å². The fourth-order valence-corrected chi connectivity index (χ4v) is 2.29. The van der Waals surface area contributed by atoms with E-state index >= 15 is 0 Å². The van der Waals surface area contributed by atoms with Crippen LogP contribution in [0.5, 0.6) is 0 Å². The van der Waals surface area contributed by atoms with Gasteiger partial charge in [0.1, 0.15) is 0 Å². The van der Waals surface area contributed by atoms with E-state index < -0.39 is 0 Å². The van der Waals surface area contributed by atoms with Gasteiger partial charge in [0.25, 0.3) is 0 Å². The van der Waals surface area contributed by atoms with Crippen molar-refractivity contribution in [3.05, 3.63) is 64.1 Å². The standard InChI is InChI=1S/C16H19BrN2/c1-19(2)15-5-3-4-13(11-15)16(18)10-12-6-8-14(17)9-7-12/h3-9,11,16H,10,18H2,1-2H3. The molecule has 2 N–H and O–H groups in total. The molecule has 100 valence electrons. The summed E-state index contributed by atoms with van der Waals surface area (Å²) in [6.07, 6.45) is 0.851. The van der Waals surface area contributed by atoms with Crippen LogP contribution in [0.2, 0.25) is 0 Å². The first-order chi connectivity index (χ1) is 9.06. The van der Waals surface area contributed by atoms with Crippen molar-refractivity contribution in [2.75, 3.05) is 19.0 Å². The molecule has 0 amide bonds. The number of nitrogens with two attached hydrogens (primary N) is 1. The Morgan fingerprint density at radius 2 is 1.79 bits per heavy atom. The molecule has 0 spiro atoms. The molecular formula is C16H19BrN2. The van der Waals surface area contributed by atoms with Crippen LogP contribution < -0.4 is 10.6 Å². The number of anilines is 1. The van der Waals surface area contributed by atoms with Gasteiger partial charge in [-0.05, 0) is 41.8 Å². The lowest BCUT2D eigenvalue weighted by Gasteiger charge is -2.17. The Hall–Kier alpha value is -1.32. The van der Waals surface area contributed by atoms with Gasteiger partial charge in [0.2, 0.25) is 0 Å². The molecule has 1 atom stereocenters. The highest BCUT2D eigenvalue weighted by Gasteiger charge is 2.08. The summed E-state index contributed by atoms with van der Waals surface area (Å²) in [4.78, 5) is 2.09. The van der Waals surface area contributed by atoms with Crippen LogP contribution in [-0.2, 0) is 6.42 Å². The summed E-state index contributed by atoms with van der Waals surface area (Å²) in [5.74, 6) is 0. The van der Waals surface area contributed by atoms with Gasteiger partial charge in [0.05, 0.1) is 0 Å². The van der Waals surface area contributed by atoms with Crippen molar-refractivity contribution in [1.82, 2.24) is 0 Å². The summed E-state index contributed by atoms with van der Waals surface area (Å²) >= 11 is 3.45. The topological polar surface area (TPSA) is 29.3 Å². The van der Waals surface area contributed by atoms with Gasteiger partial charge in [-0.2, -0.15) is 0 Å². The zero-order valence-corrected chi connectivity index (χ0v) is 12.9. The molecule has 1 unspecified atom stereocenters. The van der Waals surface area contributed by atoms with Crippen LogP contribution in [0.1, 0.15) is 17.2 Å². The van der Waals surface area contributed by atoms with Crippen LogP contribution in [-0.4, -0.2) is 14.1 Å². The first kappa shape index (κ1) is 14.1. The number of halogens is 1. The molecule has 19 heavy (non-hydrogen) atoms. The van der Waals surface area contributed by atoms with Gasteiger partial charge in [-0.25, -0.2) is 0 Å². The lowest BCUT2D eigenvalue weighted by Crippen LogP contribution is -2.15. The van der Waals surface area contributed by atoms with Crippen molar-refractivity contribution in [2.24, 2.45) is 5.73 Å². The van der Waals surface area contributed by atoms with E-state index in [0.29, 0.717) is 0 Å². The van der Waals surface area contributed by atoms with E-state index in [-0.39, 0.29) is 6.04 Å². The summed E-state index contributed by atoms with van der Waals surface area (Å²) in [5, 5.41) is 0. The minimum atomic E-state index is 0.0288. The smallest absolute Gasteiger partial charge is 0.0364 e. The highest BCUT2D eigenvalue weighted by molar-refractivity contribution is 9.10. The van der Waals surface area contributed by atoms with Gasteiger partial charge in [-0.1, -0.05) is 40.2 Å². The van der Waals surface area contributed by atoms with Crippen LogP contribution in [0.4, 0.5) is 5.69 Å². The molecule has 0 bridgehead atoms. The van der Waals surface area contributed by atoms with Crippen molar-refractivity contribution in [2.45, 2.75) is 12.5 Å². The molecule has 0 saturated heterocycles. The Balaban J connectivity index is 2.13. The largest absolute Gasteiger partial charge is 0.378 e. The van der Waals surface area contributed by atoms with Gasteiger partial charge < -0.3 is 10.6 Å². The van der Waals surface area contributed by atoms with E-state index in [0.717, 1.165) is 10.9 Å². The normalized spacial score (nSPS) is 12.2. The molecule has 0 heterocycles. The maximum absolute atomic E-state index is 6.30. The summed E-state index contributed by atoms with van der Waals surface area (Å²) in [7, 11) is 4.08. The summed E-state index contributed by atoms with van der Waals surface area (Å²) in [6.45, 7) is 0. The molecule has 0 radical (unpaired) electrons. The number of benzene rings is 2. The van der Waals surface area contributed by atoms with E-state index in [4.69, 9.17) is 5.73 Å². The average Bonchev–Trinajstić information content (AvgIpc) is 2.41. The third-order valence-corrected chi connectivity index (χ3v) is 3.71. The molecule has 0 saturated carbocycles. The lowest BCUT2D eigenvalue weighted by molar-refractivity contribution is 0.721. The van der Waals surface area contributed by atoms with Gasteiger partial charge in [0.15, 0.2) is 0 Å². The van der Waals surface area contributed by atoms with Gasteiger partial charge in [0, 0.05) is 30.3 Å².